The first-order valence-electron chi connectivity index (χ1n) is 6.49. The van der Waals surface area contributed by atoms with Gasteiger partial charge < -0.3 is 8.92 Å². The third kappa shape index (κ3) is 4.48. The summed E-state index contributed by atoms with van der Waals surface area (Å²) in [6.07, 6.45) is -5.06. The molecule has 2 aromatic rings. The smallest absolute Gasteiger partial charge is 0.404 e. The van der Waals surface area contributed by atoms with Crippen LogP contribution in [0, 0.1) is 0 Å². The predicted octanol–water partition coefficient (Wildman–Crippen LogP) is 3.56. The second-order valence-electron chi connectivity index (χ2n) is 4.62. The Bertz CT molecular complexity index is 859. The van der Waals surface area contributed by atoms with E-state index in [4.69, 9.17) is 4.18 Å². The Balaban J connectivity index is 2.38. The maximum absolute atomic E-state index is 12.4. The number of hydrogen-bond donors (Lipinski definition) is 0. The van der Waals surface area contributed by atoms with Crippen molar-refractivity contribution in [3.63, 3.8) is 0 Å². The molecule has 0 unspecified atom stereocenters. The van der Waals surface area contributed by atoms with Gasteiger partial charge in [-0.15, -0.1) is 13.2 Å². The standard InChI is InChI=1S/C15H11F3O5S/c1-10(19)11-5-4-6-12(9-11)23-24(20,21)14-8-3-2-7-13(14)22-15(16,17)18/h2-9H,1H3. The average molecular weight is 360 g/mol. The Morgan fingerprint density at radius 1 is 1.04 bits per heavy atom. The second-order valence-corrected chi connectivity index (χ2v) is 6.13. The number of carbonyl (C=O) groups is 1. The summed E-state index contributed by atoms with van der Waals surface area (Å²) in [5.74, 6) is -1.43. The summed E-state index contributed by atoms with van der Waals surface area (Å²) in [5, 5.41) is 0. The Kier molecular flexibility index (Phi) is 4.83. The van der Waals surface area contributed by atoms with Gasteiger partial charge in [-0.2, -0.15) is 8.42 Å². The molecule has 5 nitrogen and oxygen atoms in total. The molecule has 0 aliphatic carbocycles. The molecule has 2 rings (SSSR count). The van der Waals surface area contributed by atoms with Gasteiger partial charge in [-0.05, 0) is 31.2 Å². The van der Waals surface area contributed by atoms with Crippen molar-refractivity contribution in [2.45, 2.75) is 18.2 Å². The number of hydrogen-bond acceptors (Lipinski definition) is 5. The maximum atomic E-state index is 12.4. The van der Waals surface area contributed by atoms with Gasteiger partial charge in [0.1, 0.15) is 10.6 Å². The van der Waals surface area contributed by atoms with Gasteiger partial charge in [-0.25, -0.2) is 0 Å². The normalized spacial score (nSPS) is 11.8. The number of alkyl halides is 3. The number of para-hydroxylation sites is 1. The van der Waals surface area contributed by atoms with Gasteiger partial charge >= 0.3 is 16.5 Å². The van der Waals surface area contributed by atoms with Crippen LogP contribution in [0.4, 0.5) is 13.2 Å². The molecule has 0 N–H and O–H groups in total. The summed E-state index contributed by atoms with van der Waals surface area (Å²) in [6, 6.07) is 9.47. The summed E-state index contributed by atoms with van der Waals surface area (Å²) < 4.78 is 70.1. The molecule has 0 aliphatic rings. The van der Waals surface area contributed by atoms with Crippen LogP contribution in [0.25, 0.3) is 0 Å². The van der Waals surface area contributed by atoms with Crippen molar-refractivity contribution in [3.05, 3.63) is 54.1 Å². The van der Waals surface area contributed by atoms with E-state index in [-0.39, 0.29) is 17.1 Å². The summed E-state index contributed by atoms with van der Waals surface area (Å²) in [7, 11) is -4.60. The molecule has 0 spiro atoms. The molecule has 0 radical (unpaired) electrons. The van der Waals surface area contributed by atoms with Gasteiger partial charge in [0.2, 0.25) is 0 Å². The molecule has 0 bridgehead atoms. The monoisotopic (exact) mass is 360 g/mol. The van der Waals surface area contributed by atoms with E-state index in [9.17, 15) is 26.4 Å². The Labute approximate surface area is 135 Å². The predicted molar refractivity (Wildman–Crippen MR) is 77.4 cm³/mol. The highest BCUT2D eigenvalue weighted by Crippen LogP contribution is 2.31. The molecule has 2 aromatic carbocycles. The largest absolute Gasteiger partial charge is 0.573 e. The molecule has 0 fully saturated rings. The van der Waals surface area contributed by atoms with Crippen molar-refractivity contribution in [2.75, 3.05) is 0 Å². The van der Waals surface area contributed by atoms with Crippen LogP contribution < -0.4 is 8.92 Å². The van der Waals surface area contributed by atoms with Crippen LogP contribution in [0.2, 0.25) is 0 Å². The molecular formula is C15H11F3O5S. The first-order valence-corrected chi connectivity index (χ1v) is 7.89. The second kappa shape index (κ2) is 6.52. The average Bonchev–Trinajstić information content (AvgIpc) is 2.45. The highest BCUT2D eigenvalue weighted by Gasteiger charge is 2.34. The molecule has 0 aliphatic heterocycles. The van der Waals surface area contributed by atoms with E-state index >= 15 is 0 Å². The van der Waals surface area contributed by atoms with E-state index in [1.807, 2.05) is 0 Å². The first kappa shape index (κ1) is 17.8. The van der Waals surface area contributed by atoms with E-state index in [0.29, 0.717) is 0 Å². The molecule has 128 valence electrons. The molecule has 0 aromatic heterocycles. The Morgan fingerprint density at radius 2 is 1.71 bits per heavy atom. The van der Waals surface area contributed by atoms with Crippen molar-refractivity contribution in [1.29, 1.82) is 0 Å². The summed E-state index contributed by atoms with van der Waals surface area (Å²) in [5.41, 5.74) is 0.197. The van der Waals surface area contributed by atoms with Crippen LogP contribution in [0.5, 0.6) is 11.5 Å². The number of benzene rings is 2. The lowest BCUT2D eigenvalue weighted by Gasteiger charge is -2.13. The minimum absolute atomic E-state index is 0.197. The van der Waals surface area contributed by atoms with Crippen LogP contribution in [-0.4, -0.2) is 20.6 Å². The quantitative estimate of drug-likeness (QED) is 0.602. The van der Waals surface area contributed by atoms with Crippen LogP contribution in [0.3, 0.4) is 0 Å². The molecule has 0 amide bonds. The highest BCUT2D eigenvalue weighted by atomic mass is 32.2. The van der Waals surface area contributed by atoms with E-state index in [2.05, 4.69) is 4.74 Å². The number of ketones is 1. The van der Waals surface area contributed by atoms with E-state index in [1.54, 1.807) is 0 Å². The minimum Gasteiger partial charge on any atom is -0.404 e. The van der Waals surface area contributed by atoms with Gasteiger partial charge in [-0.1, -0.05) is 24.3 Å². The molecule has 0 atom stereocenters. The van der Waals surface area contributed by atoms with Crippen molar-refractivity contribution in [1.82, 2.24) is 0 Å². The number of carbonyl (C=O) groups excluding carboxylic acids is 1. The summed E-state index contributed by atoms with van der Waals surface area (Å²) >= 11 is 0. The zero-order chi connectivity index (χ0) is 18.0. The zero-order valence-electron chi connectivity index (χ0n) is 12.2. The third-order valence-corrected chi connectivity index (χ3v) is 4.08. The topological polar surface area (TPSA) is 69.7 Å². The fraction of sp³-hybridized carbons (Fsp3) is 0.133. The van der Waals surface area contributed by atoms with Gasteiger partial charge in [0.05, 0.1) is 0 Å². The zero-order valence-corrected chi connectivity index (χ0v) is 13.0. The van der Waals surface area contributed by atoms with Crippen LogP contribution >= 0.6 is 0 Å². The maximum Gasteiger partial charge on any atom is 0.573 e. The van der Waals surface area contributed by atoms with Gasteiger partial charge in [0.15, 0.2) is 11.5 Å². The molecule has 9 heteroatoms. The molecule has 0 heterocycles. The number of rotatable bonds is 5. The molecule has 0 saturated heterocycles. The van der Waals surface area contributed by atoms with Crippen LogP contribution in [-0.2, 0) is 10.1 Å². The van der Waals surface area contributed by atoms with E-state index in [0.717, 1.165) is 12.1 Å². The lowest BCUT2D eigenvalue weighted by atomic mass is 10.1. The van der Waals surface area contributed by atoms with E-state index in [1.165, 1.54) is 43.3 Å². The van der Waals surface area contributed by atoms with Gasteiger partial charge in [0.25, 0.3) is 0 Å². The Hall–Kier alpha value is -2.55. The summed E-state index contributed by atoms with van der Waals surface area (Å²) in [6.45, 7) is 1.28. The lowest BCUT2D eigenvalue weighted by molar-refractivity contribution is -0.275. The minimum atomic E-state index is -5.06. The lowest BCUT2D eigenvalue weighted by Crippen LogP contribution is -2.20. The molecule has 24 heavy (non-hydrogen) atoms. The molecule has 0 saturated carbocycles. The SMILES string of the molecule is CC(=O)c1cccc(OS(=O)(=O)c2ccccc2OC(F)(F)F)c1. The van der Waals surface area contributed by atoms with Crippen molar-refractivity contribution in [2.24, 2.45) is 0 Å². The number of halogens is 3. The van der Waals surface area contributed by atoms with Gasteiger partial charge in [-0.3, -0.25) is 4.79 Å². The van der Waals surface area contributed by atoms with Crippen LogP contribution in [0.15, 0.2) is 53.4 Å². The highest BCUT2D eigenvalue weighted by molar-refractivity contribution is 7.87. The fourth-order valence-electron chi connectivity index (χ4n) is 1.80. The summed E-state index contributed by atoms with van der Waals surface area (Å²) in [4.78, 5) is 10.5. The third-order valence-electron chi connectivity index (χ3n) is 2.79. The van der Waals surface area contributed by atoms with Gasteiger partial charge in [0, 0.05) is 5.56 Å². The van der Waals surface area contributed by atoms with E-state index < -0.39 is 27.1 Å². The number of ether oxygens (including phenoxy) is 1. The Morgan fingerprint density at radius 3 is 2.33 bits per heavy atom. The fourth-order valence-corrected chi connectivity index (χ4v) is 2.85. The van der Waals surface area contributed by atoms with Crippen molar-refractivity contribution in [3.8, 4) is 11.5 Å². The number of Topliss-reactive ketones (excluding diaryl/α,β-unsaturated/α-hetero) is 1. The first-order chi connectivity index (χ1) is 11.1. The van der Waals surface area contributed by atoms with Crippen LogP contribution in [0.1, 0.15) is 17.3 Å². The van der Waals surface area contributed by atoms with Crippen molar-refractivity contribution < 1.29 is 35.3 Å². The van der Waals surface area contributed by atoms with Crippen molar-refractivity contribution >= 4 is 15.9 Å². The molecular weight excluding hydrogens is 349 g/mol.